The Labute approximate surface area is 87.1 Å². The van der Waals surface area contributed by atoms with Gasteiger partial charge in [0.15, 0.2) is 8.72 Å². The first-order valence-electron chi connectivity index (χ1n) is 3.45. The summed E-state index contributed by atoms with van der Waals surface area (Å²) >= 11 is 1.92. The van der Waals surface area contributed by atoms with Crippen LogP contribution in [0.15, 0.2) is 28.9 Å². The van der Waals surface area contributed by atoms with Gasteiger partial charge < -0.3 is 4.52 Å². The summed E-state index contributed by atoms with van der Waals surface area (Å²) in [6, 6.07) is 5.36. The van der Waals surface area contributed by atoms with Crippen molar-refractivity contribution in [2.45, 2.75) is 0 Å². The maximum atomic E-state index is 10.7. The predicted octanol–water partition coefficient (Wildman–Crippen LogP) is 0.975. The van der Waals surface area contributed by atoms with Crippen molar-refractivity contribution in [3.8, 4) is 11.5 Å². The molecule has 0 bridgehead atoms. The van der Waals surface area contributed by atoms with Crippen LogP contribution in [0.5, 0.6) is 0 Å². The van der Waals surface area contributed by atoms with Gasteiger partial charge in [-0.2, -0.15) is 0 Å². The lowest BCUT2D eigenvalue weighted by atomic mass is 10.3. The standard InChI is InChI=1S/C7H4IN3O2/c8-7-6(13-11(12)10-7)5-3-1-2-4-9-5/h1-4H. The summed E-state index contributed by atoms with van der Waals surface area (Å²) in [5, 5.41) is 14.4. The molecule has 0 unspecified atom stereocenters. The van der Waals surface area contributed by atoms with Gasteiger partial charge in [-0.15, -0.1) is 0 Å². The lowest BCUT2D eigenvalue weighted by molar-refractivity contribution is -0.839. The number of hydrogen-bond donors (Lipinski definition) is 0. The molecular formula is C7H4IN3O2. The molecule has 0 aliphatic heterocycles. The van der Waals surface area contributed by atoms with E-state index < -0.39 is 0 Å². The molecule has 0 aliphatic carbocycles. The largest absolute Gasteiger partial charge is 0.339 e. The van der Waals surface area contributed by atoms with Crippen LogP contribution in [0.25, 0.3) is 11.5 Å². The third-order valence-electron chi connectivity index (χ3n) is 1.42. The van der Waals surface area contributed by atoms with Gasteiger partial charge >= 0.3 is 0 Å². The highest BCUT2D eigenvalue weighted by Crippen LogP contribution is 2.19. The molecule has 66 valence electrons. The fourth-order valence-electron chi connectivity index (χ4n) is 0.903. The second kappa shape index (κ2) is 3.29. The summed E-state index contributed by atoms with van der Waals surface area (Å²) in [5.41, 5.74) is 0.606. The highest BCUT2D eigenvalue weighted by molar-refractivity contribution is 14.1. The Kier molecular flexibility index (Phi) is 2.13. The van der Waals surface area contributed by atoms with Gasteiger partial charge in [0.2, 0.25) is 0 Å². The third-order valence-corrected chi connectivity index (χ3v) is 2.13. The van der Waals surface area contributed by atoms with E-state index in [0.717, 1.165) is 0 Å². The second-order valence-electron chi connectivity index (χ2n) is 2.26. The Balaban J connectivity index is 2.53. The molecule has 0 N–H and O–H groups in total. The molecule has 0 spiro atoms. The van der Waals surface area contributed by atoms with E-state index in [9.17, 15) is 5.21 Å². The highest BCUT2D eigenvalue weighted by atomic mass is 127. The summed E-state index contributed by atoms with van der Waals surface area (Å²) in [4.78, 5) is 4.03. The predicted molar refractivity (Wildman–Crippen MR) is 51.4 cm³/mol. The van der Waals surface area contributed by atoms with Gasteiger partial charge in [0.05, 0.1) is 10.8 Å². The molecular weight excluding hydrogens is 285 g/mol. The minimum atomic E-state index is 0.172. The molecule has 2 rings (SSSR count). The van der Waals surface area contributed by atoms with E-state index in [1.165, 1.54) is 0 Å². The Hall–Kier alpha value is -1.18. The van der Waals surface area contributed by atoms with Crippen molar-refractivity contribution < 1.29 is 9.54 Å². The number of rotatable bonds is 1. The third kappa shape index (κ3) is 1.62. The first-order chi connectivity index (χ1) is 6.27. The quantitative estimate of drug-likeness (QED) is 0.579. The maximum Gasteiger partial charge on any atom is 0.196 e. The minimum absolute atomic E-state index is 0.172. The van der Waals surface area contributed by atoms with E-state index in [4.69, 9.17) is 4.52 Å². The number of hydrogen-bond acceptors (Lipinski definition) is 4. The van der Waals surface area contributed by atoms with Crippen molar-refractivity contribution in [1.82, 2.24) is 10.1 Å². The van der Waals surface area contributed by atoms with Crippen LogP contribution < -0.4 is 5.02 Å². The molecule has 0 fully saturated rings. The van der Waals surface area contributed by atoms with Crippen molar-refractivity contribution in [3.05, 3.63) is 33.3 Å². The monoisotopic (exact) mass is 289 g/mol. The number of pyridine rings is 1. The van der Waals surface area contributed by atoms with Gasteiger partial charge in [0.25, 0.3) is 0 Å². The van der Waals surface area contributed by atoms with Crippen molar-refractivity contribution in [3.63, 3.8) is 0 Å². The van der Waals surface area contributed by atoms with E-state index >= 15 is 0 Å². The Morgan fingerprint density at radius 3 is 2.85 bits per heavy atom. The molecule has 6 heteroatoms. The van der Waals surface area contributed by atoms with Gasteiger partial charge in [0, 0.05) is 6.20 Å². The van der Waals surface area contributed by atoms with Crippen LogP contribution >= 0.6 is 22.6 Å². The molecule has 2 aromatic heterocycles. The normalized spacial score (nSPS) is 10.2. The highest BCUT2D eigenvalue weighted by Gasteiger charge is 2.12. The molecule has 5 nitrogen and oxygen atoms in total. The van der Waals surface area contributed by atoms with Crippen molar-refractivity contribution in [2.75, 3.05) is 0 Å². The van der Waals surface area contributed by atoms with E-state index in [2.05, 4.69) is 10.1 Å². The van der Waals surface area contributed by atoms with Crippen LogP contribution in [0.2, 0.25) is 0 Å². The van der Waals surface area contributed by atoms with Gasteiger partial charge in [-0.3, -0.25) is 4.98 Å². The van der Waals surface area contributed by atoms with Crippen molar-refractivity contribution in [1.29, 1.82) is 0 Å². The van der Waals surface area contributed by atoms with Gasteiger partial charge in [-0.05, 0) is 34.7 Å². The summed E-state index contributed by atoms with van der Waals surface area (Å²) in [6.45, 7) is 0. The molecule has 0 aromatic carbocycles. The molecule has 0 amide bonds. The zero-order valence-electron chi connectivity index (χ0n) is 6.35. The fraction of sp³-hybridized carbons (Fsp3) is 0. The lowest BCUT2D eigenvalue weighted by Gasteiger charge is -1.93. The molecule has 0 atom stereocenters. The average Bonchev–Trinajstić information content (AvgIpc) is 2.47. The van der Waals surface area contributed by atoms with Crippen LogP contribution in [0.3, 0.4) is 0 Å². The van der Waals surface area contributed by atoms with E-state index in [0.29, 0.717) is 15.2 Å². The average molecular weight is 289 g/mol. The summed E-state index contributed by atoms with van der Waals surface area (Å²) < 4.78 is 5.29. The Morgan fingerprint density at radius 1 is 1.46 bits per heavy atom. The summed E-state index contributed by atoms with van der Waals surface area (Å²) in [7, 11) is 0. The zero-order valence-corrected chi connectivity index (χ0v) is 8.50. The van der Waals surface area contributed by atoms with Crippen LogP contribution in [0.1, 0.15) is 0 Å². The number of halogens is 1. The molecule has 0 radical (unpaired) electrons. The van der Waals surface area contributed by atoms with Gasteiger partial charge in [-0.25, -0.2) is 5.21 Å². The van der Waals surface area contributed by atoms with Crippen molar-refractivity contribution >= 4 is 22.6 Å². The molecule has 0 aliphatic rings. The van der Waals surface area contributed by atoms with Gasteiger partial charge in [0.1, 0.15) is 5.76 Å². The number of nitrogens with zero attached hydrogens (tertiary/aromatic N) is 3. The van der Waals surface area contributed by atoms with E-state index in [1.807, 2.05) is 28.7 Å². The summed E-state index contributed by atoms with van der Waals surface area (Å²) in [5.74, 6) is 0.399. The molecule has 0 saturated carbocycles. The maximum absolute atomic E-state index is 10.7. The topological polar surface area (TPSA) is 65.9 Å². The van der Waals surface area contributed by atoms with Crippen LogP contribution in [0, 0.1) is 8.91 Å². The van der Waals surface area contributed by atoms with Crippen LogP contribution in [0.4, 0.5) is 0 Å². The smallest absolute Gasteiger partial charge is 0.196 e. The second-order valence-corrected chi connectivity index (χ2v) is 3.29. The van der Waals surface area contributed by atoms with E-state index in [-0.39, 0.29) is 5.02 Å². The SMILES string of the molecule is [O-][n+]1nc(I)c(-c2ccccn2)o1. The van der Waals surface area contributed by atoms with E-state index in [1.54, 1.807) is 18.3 Å². The minimum Gasteiger partial charge on any atom is -0.339 e. The van der Waals surface area contributed by atoms with Gasteiger partial charge in [-0.1, -0.05) is 6.07 Å². The number of aromatic nitrogens is 3. The van der Waals surface area contributed by atoms with Crippen molar-refractivity contribution in [2.24, 2.45) is 0 Å². The molecule has 2 heterocycles. The first-order valence-corrected chi connectivity index (χ1v) is 4.53. The summed E-state index contributed by atoms with van der Waals surface area (Å²) in [6.07, 6.45) is 1.63. The zero-order chi connectivity index (χ0) is 9.26. The first kappa shape index (κ1) is 8.42. The fourth-order valence-corrected chi connectivity index (χ4v) is 1.45. The van der Waals surface area contributed by atoms with Crippen LogP contribution in [-0.4, -0.2) is 10.1 Å². The molecule has 13 heavy (non-hydrogen) atoms. The molecule has 2 aromatic rings. The Morgan fingerprint density at radius 2 is 2.31 bits per heavy atom. The van der Waals surface area contributed by atoms with Crippen LogP contribution in [-0.2, 0) is 0 Å². The lowest BCUT2D eigenvalue weighted by Crippen LogP contribution is -2.26. The Bertz CT molecular complexity index is 415. The molecule has 0 saturated heterocycles.